The van der Waals surface area contributed by atoms with Crippen molar-refractivity contribution in [1.29, 1.82) is 0 Å². The topological polar surface area (TPSA) is 61.4 Å². The number of rotatable bonds is 6. The van der Waals surface area contributed by atoms with Gasteiger partial charge < -0.3 is 15.7 Å². The summed E-state index contributed by atoms with van der Waals surface area (Å²) in [6.45, 7) is 6.25. The first-order valence-electron chi connectivity index (χ1n) is 6.15. The summed E-state index contributed by atoms with van der Waals surface area (Å²) < 4.78 is 0. The van der Waals surface area contributed by atoms with Crippen LogP contribution in [0.1, 0.15) is 25.8 Å². The van der Waals surface area contributed by atoms with Crippen molar-refractivity contribution >= 4 is 11.6 Å². The number of aliphatic hydroxyl groups excluding tert-OH is 1. The maximum atomic E-state index is 11.7. The van der Waals surface area contributed by atoms with Gasteiger partial charge in [-0.1, -0.05) is 12.1 Å². The second kappa shape index (κ2) is 6.52. The van der Waals surface area contributed by atoms with Crippen LogP contribution in [0.2, 0.25) is 0 Å². The Kier molecular flexibility index (Phi) is 5.31. The molecule has 0 aliphatic carbocycles. The fraction of sp³-hybridized carbons (Fsp3) is 0.500. The number of benzene rings is 1. The normalized spacial score (nSPS) is 11.3. The summed E-state index contributed by atoms with van der Waals surface area (Å²) in [5.41, 5.74) is 1.68. The molecule has 1 aromatic rings. The largest absolute Gasteiger partial charge is 0.396 e. The molecule has 18 heavy (non-hydrogen) atoms. The van der Waals surface area contributed by atoms with Crippen LogP contribution in [-0.4, -0.2) is 29.7 Å². The number of carbonyl (C=O) groups excluding carboxylic acids is 1. The maximum absolute atomic E-state index is 11.7. The molecule has 0 saturated carbocycles. The number of nitrogens with one attached hydrogen (secondary N) is 2. The summed E-state index contributed by atoms with van der Waals surface area (Å²) in [6.07, 6.45) is 0.616. The Morgan fingerprint density at radius 2 is 2.11 bits per heavy atom. The van der Waals surface area contributed by atoms with E-state index in [-0.39, 0.29) is 24.6 Å². The van der Waals surface area contributed by atoms with Crippen molar-refractivity contribution in [3.8, 4) is 0 Å². The molecule has 1 aromatic carbocycles. The highest BCUT2D eigenvalue weighted by atomic mass is 16.3. The van der Waals surface area contributed by atoms with Gasteiger partial charge in [-0.05, 0) is 44.9 Å². The van der Waals surface area contributed by atoms with Crippen LogP contribution in [0.4, 0.5) is 5.69 Å². The van der Waals surface area contributed by atoms with Gasteiger partial charge in [-0.25, -0.2) is 0 Å². The minimum Gasteiger partial charge on any atom is -0.396 e. The van der Waals surface area contributed by atoms with Gasteiger partial charge in [-0.2, -0.15) is 0 Å². The van der Waals surface area contributed by atoms with Gasteiger partial charge in [0.1, 0.15) is 0 Å². The van der Waals surface area contributed by atoms with Crippen molar-refractivity contribution in [2.45, 2.75) is 32.7 Å². The lowest BCUT2D eigenvalue weighted by molar-refractivity contribution is -0.115. The molecule has 1 amide bonds. The van der Waals surface area contributed by atoms with E-state index in [0.717, 1.165) is 11.3 Å². The summed E-state index contributed by atoms with van der Waals surface area (Å²) in [4.78, 5) is 11.7. The third-order valence-electron chi connectivity index (χ3n) is 2.77. The van der Waals surface area contributed by atoms with Crippen molar-refractivity contribution in [3.05, 3.63) is 29.8 Å². The lowest BCUT2D eigenvalue weighted by Gasteiger charge is -2.25. The summed E-state index contributed by atoms with van der Waals surface area (Å²) in [6, 6.07) is 7.69. The van der Waals surface area contributed by atoms with Gasteiger partial charge in [0.05, 0.1) is 6.54 Å². The van der Waals surface area contributed by atoms with Crippen molar-refractivity contribution < 1.29 is 9.90 Å². The summed E-state index contributed by atoms with van der Waals surface area (Å²) in [5.74, 6) is -0.0772. The second-order valence-corrected chi connectivity index (χ2v) is 5.13. The second-order valence-electron chi connectivity index (χ2n) is 5.13. The van der Waals surface area contributed by atoms with Crippen molar-refractivity contribution in [3.63, 3.8) is 0 Å². The van der Waals surface area contributed by atoms with Gasteiger partial charge in [-0.15, -0.1) is 0 Å². The fourth-order valence-electron chi connectivity index (χ4n) is 1.62. The summed E-state index contributed by atoms with van der Waals surface area (Å²) in [7, 11) is 0. The molecule has 100 valence electrons. The molecule has 0 heterocycles. The molecule has 4 nitrogen and oxygen atoms in total. The smallest absolute Gasteiger partial charge is 0.238 e. The average Bonchev–Trinajstić information content (AvgIpc) is 2.26. The van der Waals surface area contributed by atoms with Gasteiger partial charge in [-0.3, -0.25) is 4.79 Å². The van der Waals surface area contributed by atoms with Crippen molar-refractivity contribution in [2.24, 2.45) is 0 Å². The zero-order valence-electron chi connectivity index (χ0n) is 11.3. The number of hydrogen-bond acceptors (Lipinski definition) is 3. The van der Waals surface area contributed by atoms with E-state index in [4.69, 9.17) is 5.11 Å². The van der Waals surface area contributed by atoms with Gasteiger partial charge in [0.15, 0.2) is 0 Å². The Labute approximate surface area is 108 Å². The van der Waals surface area contributed by atoms with E-state index in [1.807, 2.05) is 45.0 Å². The first-order valence-corrected chi connectivity index (χ1v) is 6.15. The van der Waals surface area contributed by atoms with Crippen molar-refractivity contribution in [1.82, 2.24) is 5.32 Å². The van der Waals surface area contributed by atoms with E-state index in [2.05, 4.69) is 10.6 Å². The summed E-state index contributed by atoms with van der Waals surface area (Å²) >= 11 is 0. The number of amides is 1. The number of aliphatic hydroxyl groups is 1. The molecule has 0 saturated heterocycles. The lowest BCUT2D eigenvalue weighted by Crippen LogP contribution is -2.44. The van der Waals surface area contributed by atoms with Crippen LogP contribution in [-0.2, 0) is 4.79 Å². The number of aryl methyl sites for hydroxylation is 1. The number of carbonyl (C=O) groups is 1. The Balaban J connectivity index is 2.43. The minimum atomic E-state index is -0.237. The molecule has 0 atom stereocenters. The third-order valence-corrected chi connectivity index (χ3v) is 2.77. The van der Waals surface area contributed by atoms with Crippen LogP contribution in [0, 0.1) is 6.92 Å². The van der Waals surface area contributed by atoms with Crippen molar-refractivity contribution in [2.75, 3.05) is 18.5 Å². The zero-order valence-corrected chi connectivity index (χ0v) is 11.3. The molecule has 0 unspecified atom stereocenters. The quantitative estimate of drug-likeness (QED) is 0.720. The number of anilines is 1. The van der Waals surface area contributed by atoms with Crippen LogP contribution in [0.15, 0.2) is 24.3 Å². The minimum absolute atomic E-state index is 0.0772. The Morgan fingerprint density at radius 1 is 1.39 bits per heavy atom. The molecule has 0 spiro atoms. The van der Waals surface area contributed by atoms with Crippen LogP contribution in [0.5, 0.6) is 0 Å². The number of hydrogen-bond donors (Lipinski definition) is 3. The standard InChI is InChI=1S/C14H22N2O2/c1-11-5-4-6-12(9-11)16-13(18)10-15-14(2,3)7-8-17/h4-6,9,15,17H,7-8,10H2,1-3H3,(H,16,18). The van der Waals surface area contributed by atoms with E-state index < -0.39 is 0 Å². The molecule has 0 radical (unpaired) electrons. The maximum Gasteiger partial charge on any atom is 0.238 e. The van der Waals surface area contributed by atoms with E-state index in [0.29, 0.717) is 6.42 Å². The average molecular weight is 250 g/mol. The Morgan fingerprint density at radius 3 is 2.72 bits per heavy atom. The zero-order chi connectivity index (χ0) is 13.6. The predicted octanol–water partition coefficient (Wildman–Crippen LogP) is 1.68. The van der Waals surface area contributed by atoms with E-state index >= 15 is 0 Å². The van der Waals surface area contributed by atoms with Crippen LogP contribution in [0.3, 0.4) is 0 Å². The monoisotopic (exact) mass is 250 g/mol. The summed E-state index contributed by atoms with van der Waals surface area (Å²) in [5, 5.41) is 14.8. The molecule has 0 aliphatic rings. The van der Waals surface area contributed by atoms with Crippen LogP contribution in [0.25, 0.3) is 0 Å². The lowest BCUT2D eigenvalue weighted by atomic mass is 10.0. The van der Waals surface area contributed by atoms with E-state index in [1.165, 1.54) is 0 Å². The molecular formula is C14H22N2O2. The highest BCUT2D eigenvalue weighted by Crippen LogP contribution is 2.10. The highest BCUT2D eigenvalue weighted by Gasteiger charge is 2.17. The SMILES string of the molecule is Cc1cccc(NC(=O)CNC(C)(C)CCO)c1. The van der Waals surface area contributed by atoms with Crippen LogP contribution < -0.4 is 10.6 Å². The van der Waals surface area contributed by atoms with Gasteiger partial charge in [0.2, 0.25) is 5.91 Å². The fourth-order valence-corrected chi connectivity index (χ4v) is 1.62. The molecule has 1 rings (SSSR count). The Hall–Kier alpha value is -1.39. The van der Waals surface area contributed by atoms with Crippen LogP contribution >= 0.6 is 0 Å². The third kappa shape index (κ3) is 5.29. The first kappa shape index (κ1) is 14.7. The molecule has 0 fully saturated rings. The van der Waals surface area contributed by atoms with E-state index in [1.54, 1.807) is 0 Å². The first-order chi connectivity index (χ1) is 8.43. The van der Waals surface area contributed by atoms with Gasteiger partial charge >= 0.3 is 0 Å². The molecule has 4 heteroatoms. The van der Waals surface area contributed by atoms with Gasteiger partial charge in [0.25, 0.3) is 0 Å². The molecule has 3 N–H and O–H groups in total. The molecule has 0 bridgehead atoms. The van der Waals surface area contributed by atoms with Gasteiger partial charge in [0, 0.05) is 17.8 Å². The Bertz CT molecular complexity index is 403. The molecule has 0 aromatic heterocycles. The molecular weight excluding hydrogens is 228 g/mol. The predicted molar refractivity (Wildman–Crippen MR) is 73.6 cm³/mol. The van der Waals surface area contributed by atoms with E-state index in [9.17, 15) is 4.79 Å². The molecule has 0 aliphatic heterocycles. The highest BCUT2D eigenvalue weighted by molar-refractivity contribution is 5.92.